The number of ether oxygens (including phenoxy) is 1. The summed E-state index contributed by atoms with van der Waals surface area (Å²) in [6, 6.07) is 6.51. The first-order chi connectivity index (χ1) is 9.08. The minimum atomic E-state index is -0.379. The van der Waals surface area contributed by atoms with E-state index in [1.54, 1.807) is 12.1 Å². The quantitative estimate of drug-likeness (QED) is 0.781. The molecule has 0 bridgehead atoms. The lowest BCUT2D eigenvalue weighted by atomic mass is 10.1. The van der Waals surface area contributed by atoms with Gasteiger partial charge in [0.2, 0.25) is 5.91 Å². The Hall–Kier alpha value is -2.55. The zero-order valence-electron chi connectivity index (χ0n) is 10.8. The number of rotatable bonds is 5. The van der Waals surface area contributed by atoms with Crippen molar-refractivity contribution in [1.29, 1.82) is 5.26 Å². The predicted molar refractivity (Wildman–Crippen MR) is 69.9 cm³/mol. The Morgan fingerprint density at radius 2 is 2.16 bits per heavy atom. The molecule has 0 aliphatic heterocycles. The molecule has 0 atom stereocenters. The third-order valence-corrected chi connectivity index (χ3v) is 2.18. The molecular weight excluding hydrogens is 246 g/mol. The van der Waals surface area contributed by atoms with Crippen LogP contribution in [-0.4, -0.2) is 25.0 Å². The van der Waals surface area contributed by atoms with Crippen LogP contribution in [0.4, 0.5) is 5.69 Å². The van der Waals surface area contributed by atoms with Crippen molar-refractivity contribution in [3.05, 3.63) is 23.8 Å². The van der Waals surface area contributed by atoms with E-state index in [1.807, 2.05) is 13.0 Å². The second-order valence-corrected chi connectivity index (χ2v) is 3.67. The topological polar surface area (TPSA) is 91.2 Å². The normalized spacial score (nSPS) is 9.32. The Balaban J connectivity index is 3.00. The fourth-order valence-electron chi connectivity index (χ4n) is 1.46. The zero-order valence-corrected chi connectivity index (χ0v) is 10.8. The van der Waals surface area contributed by atoms with Crippen LogP contribution >= 0.6 is 0 Å². The van der Waals surface area contributed by atoms with Crippen molar-refractivity contribution in [3.8, 4) is 11.8 Å². The Morgan fingerprint density at radius 1 is 1.42 bits per heavy atom. The van der Waals surface area contributed by atoms with Gasteiger partial charge in [-0.1, -0.05) is 0 Å². The molecule has 1 rings (SSSR count). The second-order valence-electron chi connectivity index (χ2n) is 3.67. The number of hydrogen-bond acceptors (Lipinski definition) is 4. The van der Waals surface area contributed by atoms with E-state index >= 15 is 0 Å². The van der Waals surface area contributed by atoms with Gasteiger partial charge in [-0.2, -0.15) is 5.26 Å². The number of benzene rings is 1. The predicted octanol–water partition coefficient (Wildman–Crippen LogP) is 1.30. The maximum absolute atomic E-state index is 11.7. The number of carbonyl (C=O) groups excluding carboxylic acids is 2. The fourth-order valence-corrected chi connectivity index (χ4v) is 1.46. The lowest BCUT2D eigenvalue weighted by molar-refractivity contribution is -0.114. The minimum Gasteiger partial charge on any atom is -0.492 e. The highest BCUT2D eigenvalue weighted by Gasteiger charge is 2.11. The van der Waals surface area contributed by atoms with Crippen LogP contribution in [0.5, 0.6) is 5.75 Å². The summed E-state index contributed by atoms with van der Waals surface area (Å²) in [6.45, 7) is 3.58. The van der Waals surface area contributed by atoms with Crippen molar-refractivity contribution in [1.82, 2.24) is 5.32 Å². The molecule has 0 unspecified atom stereocenters. The lowest BCUT2D eigenvalue weighted by Crippen LogP contribution is -2.23. The summed E-state index contributed by atoms with van der Waals surface area (Å²) in [5.41, 5.74) is 0.779. The van der Waals surface area contributed by atoms with E-state index in [0.717, 1.165) is 0 Å². The molecule has 0 heterocycles. The van der Waals surface area contributed by atoms with Crippen LogP contribution in [0.15, 0.2) is 18.2 Å². The van der Waals surface area contributed by atoms with Gasteiger partial charge >= 0.3 is 0 Å². The average Bonchev–Trinajstić information content (AvgIpc) is 2.37. The van der Waals surface area contributed by atoms with Gasteiger partial charge < -0.3 is 15.4 Å². The van der Waals surface area contributed by atoms with Gasteiger partial charge in [0, 0.05) is 12.5 Å². The molecule has 6 nitrogen and oxygen atoms in total. The van der Waals surface area contributed by atoms with Crippen LogP contribution in [0, 0.1) is 11.3 Å². The minimum absolute atomic E-state index is 0.0679. The molecule has 1 aromatic carbocycles. The van der Waals surface area contributed by atoms with E-state index in [-0.39, 0.29) is 18.4 Å². The third kappa shape index (κ3) is 4.32. The van der Waals surface area contributed by atoms with Gasteiger partial charge in [-0.3, -0.25) is 9.59 Å². The first kappa shape index (κ1) is 14.5. The van der Waals surface area contributed by atoms with E-state index in [4.69, 9.17) is 10.00 Å². The molecular formula is C13H15N3O3. The number of nitrogens with one attached hydrogen (secondary N) is 2. The number of anilines is 1. The summed E-state index contributed by atoms with van der Waals surface area (Å²) in [5.74, 6) is -0.138. The van der Waals surface area contributed by atoms with Gasteiger partial charge in [-0.25, -0.2) is 0 Å². The number of carbonyl (C=O) groups is 2. The highest BCUT2D eigenvalue weighted by atomic mass is 16.5. The summed E-state index contributed by atoms with van der Waals surface area (Å²) in [7, 11) is 0. The summed E-state index contributed by atoms with van der Waals surface area (Å²) >= 11 is 0. The van der Waals surface area contributed by atoms with Gasteiger partial charge in [0.25, 0.3) is 5.91 Å². The molecule has 0 radical (unpaired) electrons. The Bertz CT molecular complexity index is 520. The summed E-state index contributed by atoms with van der Waals surface area (Å²) in [4.78, 5) is 22.8. The molecule has 2 amide bonds. The van der Waals surface area contributed by atoms with Crippen molar-refractivity contribution < 1.29 is 14.3 Å². The summed E-state index contributed by atoms with van der Waals surface area (Å²) in [6.07, 6.45) is 0. The third-order valence-electron chi connectivity index (χ3n) is 2.18. The number of amides is 2. The Labute approximate surface area is 111 Å². The van der Waals surface area contributed by atoms with Crippen molar-refractivity contribution in [2.75, 3.05) is 18.5 Å². The van der Waals surface area contributed by atoms with Crippen molar-refractivity contribution in [2.24, 2.45) is 0 Å². The SMILES string of the molecule is CCOc1ccc(C(=O)NCC#N)cc1NC(C)=O. The zero-order chi connectivity index (χ0) is 14.3. The average molecular weight is 261 g/mol. The standard InChI is InChI=1S/C13H15N3O3/c1-3-19-12-5-4-10(13(18)15-7-6-14)8-11(12)16-9(2)17/h4-5,8H,3,7H2,1-2H3,(H,15,18)(H,16,17). The second kappa shape index (κ2) is 7.01. The van der Waals surface area contributed by atoms with E-state index in [1.165, 1.54) is 13.0 Å². The van der Waals surface area contributed by atoms with E-state index in [0.29, 0.717) is 23.6 Å². The van der Waals surface area contributed by atoms with Gasteiger partial charge in [-0.15, -0.1) is 0 Å². The molecule has 0 spiro atoms. The maximum Gasteiger partial charge on any atom is 0.252 e. The lowest BCUT2D eigenvalue weighted by Gasteiger charge is -2.12. The Kier molecular flexibility index (Phi) is 5.35. The molecule has 19 heavy (non-hydrogen) atoms. The van der Waals surface area contributed by atoms with Gasteiger partial charge in [-0.05, 0) is 25.1 Å². The smallest absolute Gasteiger partial charge is 0.252 e. The molecule has 0 saturated heterocycles. The Morgan fingerprint density at radius 3 is 2.74 bits per heavy atom. The first-order valence-electron chi connectivity index (χ1n) is 5.78. The van der Waals surface area contributed by atoms with Gasteiger partial charge in [0.1, 0.15) is 12.3 Å². The molecule has 0 aliphatic rings. The van der Waals surface area contributed by atoms with E-state index in [2.05, 4.69) is 10.6 Å². The molecule has 0 fully saturated rings. The van der Waals surface area contributed by atoms with Crippen molar-refractivity contribution >= 4 is 17.5 Å². The van der Waals surface area contributed by atoms with Crippen molar-refractivity contribution in [2.45, 2.75) is 13.8 Å². The molecule has 2 N–H and O–H groups in total. The van der Waals surface area contributed by atoms with Crippen LogP contribution in [0.25, 0.3) is 0 Å². The monoisotopic (exact) mass is 261 g/mol. The van der Waals surface area contributed by atoms with Crippen LogP contribution in [0.2, 0.25) is 0 Å². The number of nitriles is 1. The summed E-state index contributed by atoms with van der Waals surface area (Å²) in [5, 5.41) is 13.4. The highest BCUT2D eigenvalue weighted by Crippen LogP contribution is 2.25. The molecule has 100 valence electrons. The molecule has 0 aliphatic carbocycles. The van der Waals surface area contributed by atoms with Crippen LogP contribution in [-0.2, 0) is 4.79 Å². The van der Waals surface area contributed by atoms with Crippen LogP contribution < -0.4 is 15.4 Å². The van der Waals surface area contributed by atoms with Crippen LogP contribution in [0.3, 0.4) is 0 Å². The first-order valence-corrected chi connectivity index (χ1v) is 5.78. The van der Waals surface area contributed by atoms with Crippen LogP contribution in [0.1, 0.15) is 24.2 Å². The van der Waals surface area contributed by atoms with Crippen molar-refractivity contribution in [3.63, 3.8) is 0 Å². The van der Waals surface area contributed by atoms with E-state index < -0.39 is 0 Å². The summed E-state index contributed by atoms with van der Waals surface area (Å²) < 4.78 is 5.35. The molecule has 6 heteroatoms. The number of nitrogens with zero attached hydrogens (tertiary/aromatic N) is 1. The molecule has 0 aromatic heterocycles. The van der Waals surface area contributed by atoms with Gasteiger partial charge in [0.05, 0.1) is 18.4 Å². The molecule has 1 aromatic rings. The number of hydrogen-bond donors (Lipinski definition) is 2. The molecule has 0 saturated carbocycles. The fraction of sp³-hybridized carbons (Fsp3) is 0.308. The van der Waals surface area contributed by atoms with Gasteiger partial charge in [0.15, 0.2) is 0 Å². The van der Waals surface area contributed by atoms with E-state index in [9.17, 15) is 9.59 Å². The largest absolute Gasteiger partial charge is 0.492 e. The highest BCUT2D eigenvalue weighted by molar-refractivity contribution is 5.98. The maximum atomic E-state index is 11.7.